The highest BCUT2D eigenvalue weighted by Crippen LogP contribution is 2.29. The fraction of sp³-hybridized carbons (Fsp3) is 0.458. The maximum Gasteiger partial charge on any atom is 0.240 e. The SMILES string of the molecule is C[C@H](c1ccc(Cl)cc1F)n1nnc2ccc(N3CCN(C(=O)C4CCCCN4)[C@H](S)C3)cc21. The zero-order valence-electron chi connectivity index (χ0n) is 19.0. The maximum absolute atomic E-state index is 14.5. The van der Waals surface area contributed by atoms with Crippen LogP contribution in [-0.4, -0.2) is 63.4 Å². The number of nitrogens with one attached hydrogen (secondary N) is 1. The molecule has 34 heavy (non-hydrogen) atoms. The number of halogens is 2. The highest BCUT2D eigenvalue weighted by molar-refractivity contribution is 7.81. The molecule has 2 saturated heterocycles. The first kappa shape index (κ1) is 23.4. The molecule has 0 aliphatic carbocycles. The number of nitrogens with zero attached hydrogens (tertiary/aromatic N) is 5. The lowest BCUT2D eigenvalue weighted by molar-refractivity contribution is -0.135. The average molecular weight is 503 g/mol. The summed E-state index contributed by atoms with van der Waals surface area (Å²) in [5, 5.41) is 12.1. The average Bonchev–Trinajstić information content (AvgIpc) is 3.27. The highest BCUT2D eigenvalue weighted by Gasteiger charge is 2.33. The van der Waals surface area contributed by atoms with Crippen LogP contribution in [0.15, 0.2) is 36.4 Å². The van der Waals surface area contributed by atoms with Gasteiger partial charge in [-0.25, -0.2) is 9.07 Å². The van der Waals surface area contributed by atoms with E-state index in [0.29, 0.717) is 30.2 Å². The third-order valence-electron chi connectivity index (χ3n) is 6.84. The van der Waals surface area contributed by atoms with Gasteiger partial charge in [0.2, 0.25) is 5.91 Å². The van der Waals surface area contributed by atoms with Crippen molar-refractivity contribution < 1.29 is 9.18 Å². The fourth-order valence-corrected chi connectivity index (χ4v) is 5.48. The Morgan fingerprint density at radius 2 is 2.09 bits per heavy atom. The van der Waals surface area contributed by atoms with Gasteiger partial charge in [0, 0.05) is 35.9 Å². The molecule has 1 unspecified atom stereocenters. The summed E-state index contributed by atoms with van der Waals surface area (Å²) in [6.45, 7) is 4.74. The standard InChI is InChI=1S/C24H28ClFN6OS/c1-15(18-7-5-16(25)12-19(18)26)32-22-13-17(6-8-20(22)28-29-32)30-10-11-31(23(34)14-30)24(33)21-4-2-3-9-27-21/h5-8,12-13,15,21,23,27,34H,2-4,9-11,14H2,1H3/t15-,21?,23-/m1/s1. The molecule has 7 nitrogen and oxygen atoms in total. The Morgan fingerprint density at radius 3 is 2.82 bits per heavy atom. The minimum Gasteiger partial charge on any atom is -0.367 e. The van der Waals surface area contributed by atoms with Crippen molar-refractivity contribution in [1.82, 2.24) is 25.2 Å². The molecule has 3 heterocycles. The summed E-state index contributed by atoms with van der Waals surface area (Å²) >= 11 is 10.7. The number of carbonyl (C=O) groups excluding carboxylic acids is 1. The summed E-state index contributed by atoms with van der Waals surface area (Å²) in [5.74, 6) is -0.221. The molecular weight excluding hydrogens is 475 g/mol. The Morgan fingerprint density at radius 1 is 1.24 bits per heavy atom. The van der Waals surface area contributed by atoms with Crippen molar-refractivity contribution in [3.05, 3.63) is 52.8 Å². The second-order valence-corrected chi connectivity index (χ2v) is 10.0. The van der Waals surface area contributed by atoms with Crippen LogP contribution in [0.2, 0.25) is 5.02 Å². The molecule has 2 aliphatic rings. The van der Waals surface area contributed by atoms with Crippen molar-refractivity contribution in [3.63, 3.8) is 0 Å². The van der Waals surface area contributed by atoms with Gasteiger partial charge in [-0.05, 0) is 56.6 Å². The molecule has 1 aromatic heterocycles. The number of thiol groups is 1. The van der Waals surface area contributed by atoms with Crippen LogP contribution in [-0.2, 0) is 4.79 Å². The number of piperidine rings is 1. The van der Waals surface area contributed by atoms with E-state index in [-0.39, 0.29) is 29.2 Å². The molecule has 3 atom stereocenters. The molecule has 2 aliphatic heterocycles. The van der Waals surface area contributed by atoms with E-state index < -0.39 is 0 Å². The van der Waals surface area contributed by atoms with E-state index in [1.165, 1.54) is 6.07 Å². The zero-order chi connectivity index (χ0) is 23.8. The summed E-state index contributed by atoms with van der Waals surface area (Å²) in [4.78, 5) is 17.1. The fourth-order valence-electron chi connectivity index (χ4n) is 4.90. The zero-order valence-corrected chi connectivity index (χ0v) is 20.6. The van der Waals surface area contributed by atoms with Crippen LogP contribution in [0.3, 0.4) is 0 Å². The van der Waals surface area contributed by atoms with Crippen LogP contribution in [0.25, 0.3) is 11.0 Å². The number of rotatable bonds is 4. The molecule has 5 rings (SSSR count). The van der Waals surface area contributed by atoms with E-state index in [0.717, 1.165) is 42.5 Å². The van der Waals surface area contributed by atoms with Gasteiger partial charge in [-0.15, -0.1) is 5.10 Å². The van der Waals surface area contributed by atoms with Crippen molar-refractivity contribution in [2.75, 3.05) is 31.1 Å². The minimum absolute atomic E-state index is 0.0959. The predicted octanol–water partition coefficient (Wildman–Crippen LogP) is 3.88. The number of hydrogen-bond acceptors (Lipinski definition) is 6. The molecule has 2 aromatic carbocycles. The lowest BCUT2D eigenvalue weighted by atomic mass is 10.0. The Kier molecular flexibility index (Phi) is 6.68. The predicted molar refractivity (Wildman–Crippen MR) is 135 cm³/mol. The molecule has 180 valence electrons. The van der Waals surface area contributed by atoms with Crippen molar-refractivity contribution in [2.24, 2.45) is 0 Å². The molecule has 3 aromatic rings. The Bertz CT molecular complexity index is 1200. The first-order valence-corrected chi connectivity index (χ1v) is 12.6. The number of fused-ring (bicyclic) bond motifs is 1. The topological polar surface area (TPSA) is 66.3 Å². The van der Waals surface area contributed by atoms with E-state index in [4.69, 9.17) is 24.2 Å². The van der Waals surface area contributed by atoms with Gasteiger partial charge in [0.05, 0.1) is 23.0 Å². The molecule has 2 fully saturated rings. The van der Waals surface area contributed by atoms with Crippen LogP contribution in [0, 0.1) is 5.82 Å². The lowest BCUT2D eigenvalue weighted by Gasteiger charge is -2.42. The summed E-state index contributed by atoms with van der Waals surface area (Å²) in [6.07, 6.45) is 3.10. The normalized spacial score (nSPS) is 22.2. The van der Waals surface area contributed by atoms with Gasteiger partial charge in [0.25, 0.3) is 0 Å². The third-order valence-corrected chi connectivity index (χ3v) is 7.52. The van der Waals surface area contributed by atoms with E-state index in [1.807, 2.05) is 30.0 Å². The van der Waals surface area contributed by atoms with E-state index >= 15 is 0 Å². The second kappa shape index (κ2) is 9.71. The highest BCUT2D eigenvalue weighted by atomic mass is 35.5. The molecule has 1 amide bonds. The van der Waals surface area contributed by atoms with Crippen molar-refractivity contribution in [1.29, 1.82) is 0 Å². The second-order valence-electron chi connectivity index (χ2n) is 9.01. The van der Waals surface area contributed by atoms with Crippen molar-refractivity contribution in [2.45, 2.75) is 43.6 Å². The lowest BCUT2D eigenvalue weighted by Crippen LogP contribution is -2.58. The minimum atomic E-state index is -0.369. The third kappa shape index (κ3) is 4.48. The summed E-state index contributed by atoms with van der Waals surface area (Å²) in [5.41, 5.74) is 3.06. The molecule has 10 heteroatoms. The van der Waals surface area contributed by atoms with Crippen LogP contribution in [0.4, 0.5) is 10.1 Å². The van der Waals surface area contributed by atoms with E-state index in [2.05, 4.69) is 20.5 Å². The van der Waals surface area contributed by atoms with Crippen molar-refractivity contribution >= 4 is 46.9 Å². The van der Waals surface area contributed by atoms with Crippen LogP contribution in [0.5, 0.6) is 0 Å². The molecular formula is C24H28ClFN6OS. The summed E-state index contributed by atoms with van der Waals surface area (Å²) in [7, 11) is 0. The number of carbonyl (C=O) groups is 1. The van der Waals surface area contributed by atoms with Crippen LogP contribution in [0.1, 0.15) is 37.8 Å². The van der Waals surface area contributed by atoms with Crippen LogP contribution >= 0.6 is 24.2 Å². The Labute approximate surface area is 208 Å². The molecule has 0 saturated carbocycles. The van der Waals surface area contributed by atoms with Gasteiger partial charge in [-0.2, -0.15) is 12.6 Å². The van der Waals surface area contributed by atoms with Gasteiger partial charge < -0.3 is 15.1 Å². The number of hydrogen-bond donors (Lipinski definition) is 2. The first-order valence-electron chi connectivity index (χ1n) is 11.7. The monoisotopic (exact) mass is 502 g/mol. The Balaban J connectivity index is 1.35. The smallest absolute Gasteiger partial charge is 0.240 e. The number of aromatic nitrogens is 3. The van der Waals surface area contributed by atoms with E-state index in [1.54, 1.807) is 16.8 Å². The molecule has 0 bridgehead atoms. The number of anilines is 1. The van der Waals surface area contributed by atoms with Gasteiger partial charge in [-0.1, -0.05) is 29.3 Å². The maximum atomic E-state index is 14.5. The van der Waals surface area contributed by atoms with E-state index in [9.17, 15) is 9.18 Å². The van der Waals surface area contributed by atoms with Crippen LogP contribution < -0.4 is 10.2 Å². The molecule has 0 radical (unpaired) electrons. The summed E-state index contributed by atoms with van der Waals surface area (Å²) in [6, 6.07) is 10.2. The summed E-state index contributed by atoms with van der Waals surface area (Å²) < 4.78 is 16.3. The largest absolute Gasteiger partial charge is 0.367 e. The number of amides is 1. The molecule has 0 spiro atoms. The quantitative estimate of drug-likeness (QED) is 0.530. The molecule has 1 N–H and O–H groups in total. The van der Waals surface area contributed by atoms with Crippen molar-refractivity contribution in [3.8, 4) is 0 Å². The number of piperazine rings is 1. The van der Waals surface area contributed by atoms with Gasteiger partial charge >= 0.3 is 0 Å². The first-order chi connectivity index (χ1) is 16.4. The van der Waals surface area contributed by atoms with Gasteiger partial charge in [0.15, 0.2) is 0 Å². The Hall–Kier alpha value is -2.36. The number of benzene rings is 2. The van der Waals surface area contributed by atoms with Gasteiger partial charge in [0.1, 0.15) is 11.3 Å². The van der Waals surface area contributed by atoms with Gasteiger partial charge in [-0.3, -0.25) is 4.79 Å².